The Balaban J connectivity index is 4.23. The molecule has 2 atom stereocenters. The molecule has 0 aliphatic carbocycles. The molecule has 0 aromatic rings. The summed E-state index contributed by atoms with van der Waals surface area (Å²) in [6.07, 6.45) is 0.00353. The first-order chi connectivity index (χ1) is 6.52. The van der Waals surface area contributed by atoms with E-state index in [-0.39, 0.29) is 12.5 Å². The number of amides is 1. The minimum Gasteiger partial charge on any atom is -0.480 e. The van der Waals surface area contributed by atoms with Gasteiger partial charge in [0.25, 0.3) is 0 Å². The molecule has 0 rings (SSSR count). The van der Waals surface area contributed by atoms with Crippen molar-refractivity contribution in [2.45, 2.75) is 33.2 Å². The van der Waals surface area contributed by atoms with Gasteiger partial charge in [0, 0.05) is 0 Å². The van der Waals surface area contributed by atoms with E-state index in [9.17, 15) is 9.59 Å². The third-order valence-corrected chi connectivity index (χ3v) is 2.03. The first-order valence-corrected chi connectivity index (χ1v) is 4.69. The van der Waals surface area contributed by atoms with Crippen LogP contribution in [0.25, 0.3) is 0 Å². The highest BCUT2D eigenvalue weighted by molar-refractivity contribution is 5.80. The number of carboxylic acid groups (broad SMARTS) is 1. The SMILES string of the molecule is CCOC(=O)N[C@H](C(=O)O)[C@@H](C)CC. The summed E-state index contributed by atoms with van der Waals surface area (Å²) in [6, 6.07) is -0.876. The number of hydrogen-bond donors (Lipinski definition) is 2. The monoisotopic (exact) mass is 203 g/mol. The maximum atomic E-state index is 11.0. The third-order valence-electron chi connectivity index (χ3n) is 2.03. The molecule has 0 bridgehead atoms. The van der Waals surface area contributed by atoms with E-state index in [4.69, 9.17) is 5.11 Å². The molecule has 5 nitrogen and oxygen atoms in total. The predicted octanol–water partition coefficient (Wildman–Crippen LogP) is 1.23. The molecule has 0 aliphatic heterocycles. The van der Waals surface area contributed by atoms with Crippen LogP contribution in [0.15, 0.2) is 0 Å². The van der Waals surface area contributed by atoms with Crippen LogP contribution in [0.5, 0.6) is 0 Å². The molecule has 82 valence electrons. The summed E-state index contributed by atoms with van der Waals surface area (Å²) in [5, 5.41) is 11.1. The molecule has 0 radical (unpaired) electrons. The van der Waals surface area contributed by atoms with Gasteiger partial charge in [-0.15, -0.1) is 0 Å². The highest BCUT2D eigenvalue weighted by Gasteiger charge is 2.25. The molecular weight excluding hydrogens is 186 g/mol. The summed E-state index contributed by atoms with van der Waals surface area (Å²) in [7, 11) is 0. The summed E-state index contributed by atoms with van der Waals surface area (Å²) in [6.45, 7) is 5.54. The Bertz CT molecular complexity index is 205. The maximum Gasteiger partial charge on any atom is 0.407 e. The Morgan fingerprint density at radius 2 is 2.00 bits per heavy atom. The van der Waals surface area contributed by atoms with Gasteiger partial charge in [-0.05, 0) is 12.8 Å². The lowest BCUT2D eigenvalue weighted by Gasteiger charge is -2.19. The molecule has 0 fully saturated rings. The van der Waals surface area contributed by atoms with Crippen molar-refractivity contribution < 1.29 is 19.4 Å². The van der Waals surface area contributed by atoms with Gasteiger partial charge in [-0.2, -0.15) is 0 Å². The minimum absolute atomic E-state index is 0.114. The number of carboxylic acids is 1. The highest BCUT2D eigenvalue weighted by Crippen LogP contribution is 2.07. The lowest BCUT2D eigenvalue weighted by atomic mass is 10.00. The van der Waals surface area contributed by atoms with Crippen molar-refractivity contribution in [2.24, 2.45) is 5.92 Å². The second kappa shape index (κ2) is 6.23. The van der Waals surface area contributed by atoms with Crippen molar-refractivity contribution in [3.63, 3.8) is 0 Å². The van der Waals surface area contributed by atoms with Crippen LogP contribution < -0.4 is 5.32 Å². The highest BCUT2D eigenvalue weighted by atomic mass is 16.5. The first-order valence-electron chi connectivity index (χ1n) is 4.69. The van der Waals surface area contributed by atoms with E-state index in [1.54, 1.807) is 13.8 Å². The second-order valence-corrected chi connectivity index (χ2v) is 3.07. The number of ether oxygens (including phenoxy) is 1. The molecular formula is C9H17NO4. The molecule has 0 unspecified atom stereocenters. The molecule has 0 aromatic carbocycles. The predicted molar refractivity (Wildman–Crippen MR) is 51.0 cm³/mol. The van der Waals surface area contributed by atoms with Crippen LogP contribution >= 0.6 is 0 Å². The van der Waals surface area contributed by atoms with E-state index < -0.39 is 18.1 Å². The second-order valence-electron chi connectivity index (χ2n) is 3.07. The Morgan fingerprint density at radius 1 is 1.43 bits per heavy atom. The molecule has 0 aliphatic rings. The van der Waals surface area contributed by atoms with Crippen LogP contribution in [0.4, 0.5) is 4.79 Å². The smallest absolute Gasteiger partial charge is 0.407 e. The fourth-order valence-corrected chi connectivity index (χ4v) is 0.983. The third kappa shape index (κ3) is 4.11. The molecule has 1 amide bonds. The fourth-order valence-electron chi connectivity index (χ4n) is 0.983. The van der Waals surface area contributed by atoms with E-state index in [2.05, 4.69) is 10.1 Å². The zero-order valence-electron chi connectivity index (χ0n) is 8.74. The van der Waals surface area contributed by atoms with Crippen LogP contribution in [0.1, 0.15) is 27.2 Å². The molecule has 0 aromatic heterocycles. The number of aliphatic carboxylic acids is 1. The molecule has 2 N–H and O–H groups in total. The number of alkyl carbamates (subject to hydrolysis) is 1. The number of carbonyl (C=O) groups excluding carboxylic acids is 1. The molecule has 5 heteroatoms. The summed E-state index contributed by atoms with van der Waals surface area (Å²) in [5.41, 5.74) is 0. The molecule has 0 spiro atoms. The normalized spacial score (nSPS) is 14.2. The van der Waals surface area contributed by atoms with Crippen molar-refractivity contribution in [1.29, 1.82) is 0 Å². The van der Waals surface area contributed by atoms with Gasteiger partial charge in [0.05, 0.1) is 6.61 Å². The Labute approximate surface area is 83.4 Å². The van der Waals surface area contributed by atoms with Gasteiger partial charge in [-0.25, -0.2) is 9.59 Å². The lowest BCUT2D eigenvalue weighted by Crippen LogP contribution is -2.45. The standard InChI is InChI=1S/C9H17NO4/c1-4-6(3)7(8(11)12)10-9(13)14-5-2/h6-7H,4-5H2,1-3H3,(H,10,13)(H,11,12)/t6-,7-/m0/s1. The van der Waals surface area contributed by atoms with Crippen LogP contribution in [0, 0.1) is 5.92 Å². The maximum absolute atomic E-state index is 11.0. The quantitative estimate of drug-likeness (QED) is 0.704. The topological polar surface area (TPSA) is 75.6 Å². The summed E-state index contributed by atoms with van der Waals surface area (Å²) in [5.74, 6) is -1.15. The van der Waals surface area contributed by atoms with Crippen molar-refractivity contribution in [3.05, 3.63) is 0 Å². The van der Waals surface area contributed by atoms with Gasteiger partial charge in [0.15, 0.2) is 0 Å². The van der Waals surface area contributed by atoms with E-state index in [0.29, 0.717) is 6.42 Å². The van der Waals surface area contributed by atoms with Gasteiger partial charge >= 0.3 is 12.1 Å². The first kappa shape index (κ1) is 12.7. The zero-order chi connectivity index (χ0) is 11.1. The molecule has 0 heterocycles. The van der Waals surface area contributed by atoms with E-state index in [1.165, 1.54) is 0 Å². The van der Waals surface area contributed by atoms with Gasteiger partial charge in [-0.1, -0.05) is 20.3 Å². The fraction of sp³-hybridized carbons (Fsp3) is 0.778. The molecule has 0 saturated heterocycles. The Hall–Kier alpha value is -1.26. The number of hydrogen-bond acceptors (Lipinski definition) is 3. The van der Waals surface area contributed by atoms with Gasteiger partial charge in [-0.3, -0.25) is 0 Å². The van der Waals surface area contributed by atoms with Gasteiger partial charge in [0.1, 0.15) is 6.04 Å². The Morgan fingerprint density at radius 3 is 2.36 bits per heavy atom. The Kier molecular flexibility index (Phi) is 5.67. The van der Waals surface area contributed by atoms with Gasteiger partial charge < -0.3 is 15.2 Å². The van der Waals surface area contributed by atoms with E-state index >= 15 is 0 Å². The van der Waals surface area contributed by atoms with Crippen molar-refractivity contribution in [3.8, 4) is 0 Å². The molecule has 14 heavy (non-hydrogen) atoms. The summed E-state index contributed by atoms with van der Waals surface area (Å²) < 4.78 is 4.60. The van der Waals surface area contributed by atoms with Crippen molar-refractivity contribution >= 4 is 12.1 Å². The lowest BCUT2D eigenvalue weighted by molar-refractivity contribution is -0.140. The van der Waals surface area contributed by atoms with Gasteiger partial charge in [0.2, 0.25) is 0 Å². The molecule has 0 saturated carbocycles. The zero-order valence-corrected chi connectivity index (χ0v) is 8.74. The number of rotatable bonds is 5. The van der Waals surface area contributed by atoms with E-state index in [0.717, 1.165) is 0 Å². The largest absolute Gasteiger partial charge is 0.480 e. The summed E-state index contributed by atoms with van der Waals surface area (Å²) >= 11 is 0. The van der Waals surface area contributed by atoms with Crippen molar-refractivity contribution in [1.82, 2.24) is 5.32 Å². The van der Waals surface area contributed by atoms with Crippen LogP contribution in [-0.4, -0.2) is 29.8 Å². The van der Waals surface area contributed by atoms with Crippen LogP contribution in [-0.2, 0) is 9.53 Å². The van der Waals surface area contributed by atoms with Crippen LogP contribution in [0.2, 0.25) is 0 Å². The average molecular weight is 203 g/mol. The summed E-state index contributed by atoms with van der Waals surface area (Å²) in [4.78, 5) is 21.8. The van der Waals surface area contributed by atoms with E-state index in [1.807, 2.05) is 6.92 Å². The van der Waals surface area contributed by atoms with Crippen molar-refractivity contribution in [2.75, 3.05) is 6.61 Å². The minimum atomic E-state index is -1.03. The average Bonchev–Trinajstić information content (AvgIpc) is 2.13. The van der Waals surface area contributed by atoms with Crippen LogP contribution in [0.3, 0.4) is 0 Å². The number of nitrogens with one attached hydrogen (secondary N) is 1. The number of carbonyl (C=O) groups is 2.